The van der Waals surface area contributed by atoms with Crippen molar-refractivity contribution in [3.8, 4) is 11.5 Å². The molecule has 1 amide bonds. The number of hydrogen-bond acceptors (Lipinski definition) is 16. The smallest absolute Gasteiger partial charge is 0.480 e. The molecule has 20 heteroatoms. The summed E-state index contributed by atoms with van der Waals surface area (Å²) in [5, 5.41) is 0.0169. The average molecular weight is 1440 g/mol. The Hall–Kier alpha value is -4.52. The lowest BCUT2D eigenvalue weighted by atomic mass is 9.78. The summed E-state index contributed by atoms with van der Waals surface area (Å²) in [7, 11) is -1.64. The van der Waals surface area contributed by atoms with Crippen LogP contribution < -0.4 is 9.47 Å². The molecule has 0 unspecified atom stereocenters. The van der Waals surface area contributed by atoms with E-state index in [4.69, 9.17) is 51.2 Å². The van der Waals surface area contributed by atoms with Crippen molar-refractivity contribution in [2.75, 3.05) is 41.1 Å². The molecule has 2 fully saturated rings. The molecule has 0 N–H and O–H groups in total. The quantitative estimate of drug-likeness (QED) is 0.0488. The molecule has 1 saturated heterocycles. The third-order valence-electron chi connectivity index (χ3n) is 22.4. The monoisotopic (exact) mass is 1440 g/mol. The van der Waals surface area contributed by atoms with Gasteiger partial charge in [-0.05, 0) is 173 Å². The van der Waals surface area contributed by atoms with Crippen molar-refractivity contribution in [1.29, 1.82) is 0 Å². The van der Waals surface area contributed by atoms with Crippen LogP contribution in [0.15, 0.2) is 84.5 Å². The van der Waals surface area contributed by atoms with Gasteiger partial charge in [-0.15, -0.1) is 0 Å². The maximum Gasteiger partial charge on any atom is 0.508 e. The average Bonchev–Trinajstić information content (AvgIpc) is 0.903. The Labute approximate surface area is 601 Å². The Kier molecular flexibility index (Phi) is 37.1. The molecule has 1 aromatic rings. The van der Waals surface area contributed by atoms with Gasteiger partial charge in [-0.25, -0.2) is 9.59 Å². The number of benzene rings is 1. The first-order valence-corrected chi connectivity index (χ1v) is 45.6. The Morgan fingerprint density at radius 3 is 1.95 bits per heavy atom. The lowest BCUT2D eigenvalue weighted by Gasteiger charge is -2.44. The second kappa shape index (κ2) is 42.3. The van der Waals surface area contributed by atoms with Gasteiger partial charge in [0.2, 0.25) is 0 Å². The molecular formula is C79H133NO16Si3. The number of carbonyl (C=O) groups is 5. The van der Waals surface area contributed by atoms with E-state index in [2.05, 4.69) is 115 Å². The predicted molar refractivity (Wildman–Crippen MR) is 403 cm³/mol. The minimum absolute atomic E-state index is 0.0169. The molecule has 2 heterocycles. The van der Waals surface area contributed by atoms with Crippen molar-refractivity contribution in [2.45, 2.75) is 297 Å². The molecule has 1 saturated carbocycles. The van der Waals surface area contributed by atoms with Gasteiger partial charge in [-0.1, -0.05) is 158 Å². The Morgan fingerprint density at radius 2 is 1.34 bits per heavy atom. The zero-order valence-corrected chi connectivity index (χ0v) is 68.0. The van der Waals surface area contributed by atoms with E-state index in [9.17, 15) is 14.4 Å². The van der Waals surface area contributed by atoms with Crippen LogP contribution in [0.5, 0.6) is 11.5 Å². The van der Waals surface area contributed by atoms with Gasteiger partial charge >= 0.3 is 18.1 Å². The maximum absolute atomic E-state index is 15.3. The fourth-order valence-corrected chi connectivity index (χ4v) is 21.4. The van der Waals surface area contributed by atoms with Crippen molar-refractivity contribution in [3.05, 3.63) is 84.5 Å². The van der Waals surface area contributed by atoms with Crippen LogP contribution in [0.1, 0.15) is 188 Å². The molecule has 0 spiro atoms. The molecule has 15 atom stereocenters. The van der Waals surface area contributed by atoms with E-state index >= 15 is 9.59 Å². The first kappa shape index (κ1) is 86.9. The third-order valence-corrected chi connectivity index (χ3v) is 36.2. The molecule has 3 aliphatic rings. The topological polar surface area (TPSA) is 190 Å². The summed E-state index contributed by atoms with van der Waals surface area (Å²) < 4.78 is 71.3. The van der Waals surface area contributed by atoms with E-state index in [1.807, 2.05) is 52.0 Å². The number of para-hydroxylation sites is 2. The van der Waals surface area contributed by atoms with E-state index in [0.717, 1.165) is 66.7 Å². The number of allylic oxidation sites excluding steroid dienone is 5. The van der Waals surface area contributed by atoms with E-state index in [-0.39, 0.29) is 77.5 Å². The number of carbonyl (C=O) groups excluding carboxylic acids is 5. The van der Waals surface area contributed by atoms with Gasteiger partial charge in [0.1, 0.15) is 31.0 Å². The zero-order chi connectivity index (χ0) is 73.8. The first-order valence-electron chi connectivity index (χ1n) is 37.6. The van der Waals surface area contributed by atoms with Gasteiger partial charge < -0.3 is 56.1 Å². The van der Waals surface area contributed by atoms with Crippen molar-refractivity contribution < 1.29 is 75.1 Å². The van der Waals surface area contributed by atoms with E-state index in [0.29, 0.717) is 57.9 Å². The van der Waals surface area contributed by atoms with Gasteiger partial charge in [0.25, 0.3) is 5.91 Å². The molecule has 0 radical (unpaired) electrons. The van der Waals surface area contributed by atoms with Crippen molar-refractivity contribution in [3.63, 3.8) is 0 Å². The van der Waals surface area contributed by atoms with Gasteiger partial charge in [-0.3, -0.25) is 14.4 Å². The number of esters is 2. The van der Waals surface area contributed by atoms with Gasteiger partial charge in [0, 0.05) is 58.7 Å². The van der Waals surface area contributed by atoms with Crippen LogP contribution in [0.2, 0.25) is 54.4 Å². The lowest BCUT2D eigenvalue weighted by Crippen LogP contribution is -2.51. The Balaban J connectivity index is 1.89. The highest BCUT2D eigenvalue weighted by atomic mass is 28.4. The van der Waals surface area contributed by atoms with E-state index in [1.54, 1.807) is 50.5 Å². The number of Topliss-reactive ketones (excluding diaryl/α,β-unsaturated/α-hetero) is 1. The summed E-state index contributed by atoms with van der Waals surface area (Å²) in [4.78, 5) is 74.5. The van der Waals surface area contributed by atoms with Gasteiger partial charge in [-0.2, -0.15) is 0 Å². The number of ether oxygens (including phenoxy) is 8. The molecule has 562 valence electrons. The van der Waals surface area contributed by atoms with Crippen LogP contribution in [-0.2, 0) is 60.9 Å². The molecular weight excluding hydrogens is 1300 g/mol. The maximum atomic E-state index is 15.3. The second-order valence-electron chi connectivity index (χ2n) is 30.4. The molecule has 99 heavy (non-hydrogen) atoms. The summed E-state index contributed by atoms with van der Waals surface area (Å²) in [5.41, 5.74) is 1.79. The van der Waals surface area contributed by atoms with Crippen LogP contribution in [0, 0.1) is 35.5 Å². The van der Waals surface area contributed by atoms with E-state index in [1.165, 1.54) is 6.08 Å². The van der Waals surface area contributed by atoms with Crippen LogP contribution in [-0.4, -0.2) is 156 Å². The minimum atomic E-state index is -2.45. The number of ketones is 1. The summed E-state index contributed by atoms with van der Waals surface area (Å²) in [6.07, 6.45) is 15.8. The number of cyclic esters (lactones) is 1. The third kappa shape index (κ3) is 26.3. The summed E-state index contributed by atoms with van der Waals surface area (Å²) >= 11 is 0. The number of nitrogens with zero attached hydrogens (tertiary/aromatic N) is 1. The molecule has 4 rings (SSSR count). The molecule has 17 nitrogen and oxygen atoms in total. The van der Waals surface area contributed by atoms with E-state index < -0.39 is 104 Å². The van der Waals surface area contributed by atoms with Gasteiger partial charge in [0.15, 0.2) is 48.8 Å². The molecule has 0 aromatic heterocycles. The molecule has 1 aromatic carbocycles. The Morgan fingerprint density at radius 1 is 0.697 bits per heavy atom. The van der Waals surface area contributed by atoms with Crippen LogP contribution >= 0.6 is 0 Å². The number of methoxy groups -OCH3 is 3. The highest BCUT2D eigenvalue weighted by molar-refractivity contribution is 6.74. The Bertz CT molecular complexity index is 2770. The van der Waals surface area contributed by atoms with Crippen LogP contribution in [0.3, 0.4) is 0 Å². The predicted octanol–water partition coefficient (Wildman–Crippen LogP) is 18.1. The highest BCUT2D eigenvalue weighted by Gasteiger charge is 2.46. The largest absolute Gasteiger partial charge is 0.508 e. The normalized spacial score (nSPS) is 28.5. The summed E-state index contributed by atoms with van der Waals surface area (Å²) in [5.74, 6) is -2.65. The minimum Gasteiger partial charge on any atom is -0.480 e. The number of rotatable bonds is 21. The molecule has 0 bridgehead atoms. The van der Waals surface area contributed by atoms with Crippen molar-refractivity contribution in [2.24, 2.45) is 35.5 Å². The fourth-order valence-electron chi connectivity index (χ4n) is 14.3. The van der Waals surface area contributed by atoms with Crippen molar-refractivity contribution >= 4 is 54.7 Å². The van der Waals surface area contributed by atoms with Gasteiger partial charge in [0.05, 0.1) is 30.3 Å². The first-order chi connectivity index (χ1) is 46.9. The lowest BCUT2D eigenvalue weighted by molar-refractivity contribution is -0.166. The number of fused-ring (bicyclic) bond motifs is 2. The molecule has 2 aliphatic heterocycles. The van der Waals surface area contributed by atoms with Crippen molar-refractivity contribution in [1.82, 2.24) is 4.90 Å². The fraction of sp³-hybridized carbons (Fsp3) is 0.734. The second-order valence-corrected chi connectivity index (χ2v) is 44.6. The van der Waals surface area contributed by atoms with Crippen LogP contribution in [0.25, 0.3) is 0 Å². The molecule has 1 aliphatic carbocycles. The summed E-state index contributed by atoms with van der Waals surface area (Å²) in [6, 6.07) is 11.3. The standard InChI is InChI=1S/C79H133NO16Si3/c1-23-47-89-78(85)93-70-53-69(59(12)50-62-43-45-67(71(51-62)87-19)95-97(21,22)79(15,16)17)92-77(84)64-39-35-36-46-80(64)72(81)54-90-65-40-33-34-41-66(65)91-76(83)57(10)42-44-63(94-98(24-2,25-3)26-4)52-68(86-18)56(9)38-32-30-31-37-55(8)48-60(13)73(82)75(88-20)74(61(14)49-58(70)11)96-99(27-5,28-6)29-7/h23,30-34,37-38,40-41,49,55,57-60,62-64,67-71,74-75H,1,24-29,35-36,39,42-48,50-54H2,2-22H3/t55-,57-,58-,59-,60-,62+,63+,64+,67-,68+,69+,70-,71-,74-,75+/m1/s1. The van der Waals surface area contributed by atoms with Crippen LogP contribution in [0.4, 0.5) is 4.79 Å². The number of piperidine rings is 1. The zero-order valence-electron chi connectivity index (χ0n) is 65.0. The number of amides is 1. The number of hydrogen-bond donors (Lipinski definition) is 0. The SMILES string of the molecule is C=CCOC(=O)O[C@@H]1C[C@@H]([C@H](C)C[C@@H]2CC[C@@H](O[Si](C)(C)C(C)(C)C)[C@H](OC)C2)OC(=O)[C@@H]2CCCCN2C(=O)COc2ccccc2OC(=O)[C@H](C)CC[C@H](O[Si](CC)(CC)CC)C[C@H](OC)C(C)=CC=CC=C[C@@H](C)C[C@@H](C)C(=O)[C@H](OC)[C@H](O[Si](CC)(CC)CC)C(C)=C[C@H]1C. The highest BCUT2D eigenvalue weighted by Crippen LogP contribution is 2.43. The summed E-state index contributed by atoms with van der Waals surface area (Å²) in [6.45, 7) is 41.9.